The molecule has 0 bridgehead atoms. The van der Waals surface area contributed by atoms with Crippen LogP contribution in [-0.2, 0) is 9.53 Å². The molecule has 0 fully saturated rings. The van der Waals surface area contributed by atoms with Crippen molar-refractivity contribution in [3.8, 4) is 0 Å². The Labute approximate surface area is 67.6 Å². The van der Waals surface area contributed by atoms with Crippen molar-refractivity contribution in [3.63, 3.8) is 0 Å². The first kappa shape index (κ1) is 10.2. The van der Waals surface area contributed by atoms with Gasteiger partial charge in [-0.15, -0.1) is 6.58 Å². The Hall–Kier alpha value is -0.830. The summed E-state index contributed by atoms with van der Waals surface area (Å²) in [6.45, 7) is 6.71. The lowest BCUT2D eigenvalue weighted by Crippen LogP contribution is -2.30. The molecule has 1 amide bonds. The lowest BCUT2D eigenvalue weighted by atomic mass is 10.5. The van der Waals surface area contributed by atoms with Crippen molar-refractivity contribution in [2.75, 3.05) is 26.8 Å². The third kappa shape index (κ3) is 4.56. The molecule has 0 aromatic rings. The van der Waals surface area contributed by atoms with Crippen molar-refractivity contribution in [1.29, 1.82) is 0 Å². The first-order chi connectivity index (χ1) is 5.22. The highest BCUT2D eigenvalue weighted by molar-refractivity contribution is 5.77. The number of likely N-dealkylation sites (N-methyl/N-ethyl adjacent to an activating group) is 1. The van der Waals surface area contributed by atoms with Crippen LogP contribution in [0, 0.1) is 0 Å². The van der Waals surface area contributed by atoms with Gasteiger partial charge in [0, 0.05) is 20.2 Å². The van der Waals surface area contributed by atoms with Crippen LogP contribution in [-0.4, -0.2) is 37.6 Å². The monoisotopic (exact) mass is 157 g/mol. The fourth-order valence-electron chi connectivity index (χ4n) is 0.595. The second-order valence-corrected chi connectivity index (χ2v) is 2.20. The molecule has 11 heavy (non-hydrogen) atoms. The van der Waals surface area contributed by atoms with Gasteiger partial charge in [0.05, 0.1) is 0 Å². The first-order valence-electron chi connectivity index (χ1n) is 3.65. The van der Waals surface area contributed by atoms with Crippen LogP contribution >= 0.6 is 0 Å². The molecule has 0 spiro atoms. The quantitative estimate of drug-likeness (QED) is 0.549. The Balaban J connectivity index is 3.54. The van der Waals surface area contributed by atoms with Crippen LogP contribution in [0.1, 0.15) is 6.92 Å². The Morgan fingerprint density at radius 3 is 2.82 bits per heavy atom. The maximum Gasteiger partial charge on any atom is 0.248 e. The van der Waals surface area contributed by atoms with Crippen molar-refractivity contribution >= 4 is 5.91 Å². The summed E-state index contributed by atoms with van der Waals surface area (Å²) >= 11 is 0. The summed E-state index contributed by atoms with van der Waals surface area (Å²) < 4.78 is 4.94. The molecule has 64 valence electrons. The minimum Gasteiger partial charge on any atom is -0.372 e. The smallest absolute Gasteiger partial charge is 0.248 e. The molecule has 0 unspecified atom stereocenters. The Morgan fingerprint density at radius 1 is 1.73 bits per heavy atom. The molecule has 3 nitrogen and oxygen atoms in total. The van der Waals surface area contributed by atoms with E-state index < -0.39 is 0 Å². The standard InChI is InChI=1S/C8H15NO2/c1-4-6-9(3)8(10)7-11-5-2/h4H,1,5-7H2,2-3H3. The Morgan fingerprint density at radius 2 is 2.36 bits per heavy atom. The van der Waals surface area contributed by atoms with Gasteiger partial charge in [-0.3, -0.25) is 4.79 Å². The van der Waals surface area contributed by atoms with E-state index in [4.69, 9.17) is 4.74 Å². The van der Waals surface area contributed by atoms with E-state index in [1.165, 1.54) is 0 Å². The summed E-state index contributed by atoms with van der Waals surface area (Å²) in [5, 5.41) is 0. The molecule has 0 aromatic carbocycles. The molecule has 0 aliphatic rings. The Bertz CT molecular complexity index is 134. The van der Waals surface area contributed by atoms with Crippen molar-refractivity contribution in [1.82, 2.24) is 4.90 Å². The molecule has 0 aliphatic carbocycles. The number of hydrogen-bond acceptors (Lipinski definition) is 2. The molecule has 0 N–H and O–H groups in total. The van der Waals surface area contributed by atoms with Crippen LogP contribution in [0.4, 0.5) is 0 Å². The molecule has 0 saturated heterocycles. The molecular weight excluding hydrogens is 142 g/mol. The average Bonchev–Trinajstić information content (AvgIpc) is 2.00. The van der Waals surface area contributed by atoms with Gasteiger partial charge in [-0.2, -0.15) is 0 Å². The van der Waals surface area contributed by atoms with E-state index in [1.54, 1.807) is 18.0 Å². The summed E-state index contributed by atoms with van der Waals surface area (Å²) in [4.78, 5) is 12.6. The first-order valence-corrected chi connectivity index (χ1v) is 3.65. The molecule has 0 aromatic heterocycles. The lowest BCUT2D eigenvalue weighted by Gasteiger charge is -2.13. The summed E-state index contributed by atoms with van der Waals surface area (Å²) in [6.07, 6.45) is 1.68. The van der Waals surface area contributed by atoms with Gasteiger partial charge in [-0.1, -0.05) is 6.08 Å². The van der Waals surface area contributed by atoms with Gasteiger partial charge in [0.25, 0.3) is 0 Å². The van der Waals surface area contributed by atoms with Crippen LogP contribution in [0.25, 0.3) is 0 Å². The third-order valence-corrected chi connectivity index (χ3v) is 1.26. The maximum atomic E-state index is 11.0. The van der Waals surface area contributed by atoms with Crippen molar-refractivity contribution in [3.05, 3.63) is 12.7 Å². The van der Waals surface area contributed by atoms with Gasteiger partial charge in [0.2, 0.25) is 5.91 Å². The number of hydrogen-bond donors (Lipinski definition) is 0. The van der Waals surface area contributed by atoms with Crippen LogP contribution < -0.4 is 0 Å². The highest BCUT2D eigenvalue weighted by atomic mass is 16.5. The van der Waals surface area contributed by atoms with Crippen LogP contribution in [0.15, 0.2) is 12.7 Å². The zero-order valence-electron chi connectivity index (χ0n) is 7.17. The fraction of sp³-hybridized carbons (Fsp3) is 0.625. The SMILES string of the molecule is C=CCN(C)C(=O)COCC. The highest BCUT2D eigenvalue weighted by Crippen LogP contribution is 1.85. The predicted molar refractivity (Wildman–Crippen MR) is 44.3 cm³/mol. The van der Waals surface area contributed by atoms with Crippen LogP contribution in [0.3, 0.4) is 0 Å². The zero-order valence-corrected chi connectivity index (χ0v) is 7.17. The highest BCUT2D eigenvalue weighted by Gasteiger charge is 2.04. The summed E-state index contributed by atoms with van der Waals surface area (Å²) in [5.74, 6) is -0.00764. The van der Waals surface area contributed by atoms with Gasteiger partial charge in [0.1, 0.15) is 6.61 Å². The van der Waals surface area contributed by atoms with Gasteiger partial charge in [-0.25, -0.2) is 0 Å². The normalized spacial score (nSPS) is 9.27. The van der Waals surface area contributed by atoms with E-state index in [0.29, 0.717) is 13.2 Å². The number of rotatable bonds is 5. The summed E-state index contributed by atoms with van der Waals surface area (Å²) in [5.41, 5.74) is 0. The van der Waals surface area contributed by atoms with Crippen LogP contribution in [0.2, 0.25) is 0 Å². The van der Waals surface area contributed by atoms with E-state index in [0.717, 1.165) is 0 Å². The molecule has 0 atom stereocenters. The average molecular weight is 157 g/mol. The van der Waals surface area contributed by atoms with E-state index in [1.807, 2.05) is 6.92 Å². The number of amides is 1. The van der Waals surface area contributed by atoms with Crippen LogP contribution in [0.5, 0.6) is 0 Å². The van der Waals surface area contributed by atoms with Crippen molar-refractivity contribution in [2.24, 2.45) is 0 Å². The third-order valence-electron chi connectivity index (χ3n) is 1.26. The molecule has 3 heteroatoms. The second kappa shape index (κ2) is 5.92. The molecule has 0 saturated carbocycles. The minimum atomic E-state index is -0.00764. The van der Waals surface area contributed by atoms with Gasteiger partial charge in [0.15, 0.2) is 0 Å². The lowest BCUT2D eigenvalue weighted by molar-refractivity contribution is -0.134. The summed E-state index contributed by atoms with van der Waals surface area (Å²) in [7, 11) is 1.73. The van der Waals surface area contributed by atoms with Crippen molar-refractivity contribution in [2.45, 2.75) is 6.92 Å². The number of nitrogens with zero attached hydrogens (tertiary/aromatic N) is 1. The fourth-order valence-corrected chi connectivity index (χ4v) is 0.595. The van der Waals surface area contributed by atoms with Gasteiger partial charge < -0.3 is 9.64 Å². The number of carbonyl (C=O) groups is 1. The molecule has 0 aliphatic heterocycles. The molecular formula is C8H15NO2. The molecule has 0 heterocycles. The van der Waals surface area contributed by atoms with E-state index in [9.17, 15) is 4.79 Å². The van der Waals surface area contributed by atoms with Gasteiger partial charge >= 0.3 is 0 Å². The van der Waals surface area contributed by atoms with Crippen molar-refractivity contribution < 1.29 is 9.53 Å². The minimum absolute atomic E-state index is 0.00764. The second-order valence-electron chi connectivity index (χ2n) is 2.20. The molecule has 0 radical (unpaired) electrons. The predicted octanol–water partition coefficient (Wildman–Crippen LogP) is 0.667. The summed E-state index contributed by atoms with van der Waals surface area (Å²) in [6, 6.07) is 0. The zero-order chi connectivity index (χ0) is 8.69. The van der Waals surface area contributed by atoms with E-state index in [2.05, 4.69) is 6.58 Å². The topological polar surface area (TPSA) is 29.5 Å². The van der Waals surface area contributed by atoms with E-state index >= 15 is 0 Å². The van der Waals surface area contributed by atoms with Gasteiger partial charge in [-0.05, 0) is 6.92 Å². The maximum absolute atomic E-state index is 11.0. The number of carbonyl (C=O) groups excluding carboxylic acids is 1. The Kier molecular flexibility index (Phi) is 5.47. The number of ether oxygens (including phenoxy) is 1. The van der Waals surface area contributed by atoms with E-state index in [-0.39, 0.29) is 12.5 Å². The molecule has 0 rings (SSSR count). The largest absolute Gasteiger partial charge is 0.372 e.